The summed E-state index contributed by atoms with van der Waals surface area (Å²) < 4.78 is 35.2. The van der Waals surface area contributed by atoms with Gasteiger partial charge < -0.3 is 38.3 Å². The van der Waals surface area contributed by atoms with Crippen LogP contribution in [-0.2, 0) is 42.9 Å². The van der Waals surface area contributed by atoms with Gasteiger partial charge >= 0.3 is 23.9 Å². The lowest BCUT2D eigenvalue weighted by atomic mass is 9.36. The van der Waals surface area contributed by atoms with Crippen molar-refractivity contribution in [2.24, 2.45) is 34.0 Å². The molecule has 0 amide bonds. The molecule has 6 rings (SSSR count). The average Bonchev–Trinajstić information content (AvgIpc) is 3.61. The van der Waals surface area contributed by atoms with Crippen LogP contribution < -0.4 is 0 Å². The fourth-order valence-corrected chi connectivity index (χ4v) is 9.97. The van der Waals surface area contributed by atoms with Crippen LogP contribution in [0.3, 0.4) is 0 Å². The second kappa shape index (κ2) is 9.65. The Morgan fingerprint density at radius 1 is 1.09 bits per heavy atom. The Bertz CT molecular complexity index is 1480. The van der Waals surface area contributed by atoms with Crippen molar-refractivity contribution in [2.45, 2.75) is 103 Å². The molecule has 10 atom stereocenters. The van der Waals surface area contributed by atoms with E-state index in [0.29, 0.717) is 24.0 Å². The maximum atomic E-state index is 13.5. The van der Waals surface area contributed by atoms with Crippen LogP contribution in [0.15, 0.2) is 34.7 Å². The molecule has 2 bridgehead atoms. The summed E-state index contributed by atoms with van der Waals surface area (Å²) >= 11 is 0. The van der Waals surface area contributed by atoms with Gasteiger partial charge in [0, 0.05) is 47.1 Å². The topological polar surface area (TPSA) is 168 Å². The monoisotopic (exact) mass is 630 g/mol. The molecule has 1 aromatic rings. The zero-order valence-electron chi connectivity index (χ0n) is 26.9. The molecule has 2 saturated carbocycles. The first-order valence-electron chi connectivity index (χ1n) is 15.4. The van der Waals surface area contributed by atoms with E-state index in [4.69, 9.17) is 28.1 Å². The van der Waals surface area contributed by atoms with Gasteiger partial charge in [-0.3, -0.25) is 14.4 Å². The Balaban J connectivity index is 1.67. The lowest BCUT2D eigenvalue weighted by Crippen LogP contribution is -2.84. The molecule has 1 unspecified atom stereocenters. The van der Waals surface area contributed by atoms with Crippen LogP contribution >= 0.6 is 0 Å². The molecule has 4 fully saturated rings. The molecule has 12 nitrogen and oxygen atoms in total. The molecule has 1 spiro atoms. The molecule has 246 valence electrons. The van der Waals surface area contributed by atoms with E-state index in [9.17, 15) is 29.4 Å². The normalized spacial score (nSPS) is 43.9. The summed E-state index contributed by atoms with van der Waals surface area (Å²) in [5.74, 6) is -7.30. The zero-order valence-corrected chi connectivity index (χ0v) is 26.9. The highest BCUT2D eigenvalue weighted by molar-refractivity contribution is 5.86. The summed E-state index contributed by atoms with van der Waals surface area (Å²) in [6.07, 6.45) is 0.927. The lowest BCUT2D eigenvalue weighted by molar-refractivity contribution is -0.385. The maximum absolute atomic E-state index is 13.5. The molecule has 0 radical (unpaired) electrons. The number of hydrogen-bond donors (Lipinski definition) is 2. The molecule has 2 saturated heterocycles. The van der Waals surface area contributed by atoms with E-state index < -0.39 is 93.2 Å². The van der Waals surface area contributed by atoms with Crippen molar-refractivity contribution in [3.8, 4) is 0 Å². The Morgan fingerprint density at radius 3 is 2.36 bits per heavy atom. The number of ether oxygens (including phenoxy) is 5. The first kappa shape index (κ1) is 31.7. The Hall–Kier alpha value is -3.22. The number of carbonyl (C=O) groups is 4. The van der Waals surface area contributed by atoms with Crippen molar-refractivity contribution in [2.75, 3.05) is 7.11 Å². The Labute approximate surface area is 261 Å². The van der Waals surface area contributed by atoms with Gasteiger partial charge in [-0.15, -0.1) is 0 Å². The molecule has 0 aromatic carbocycles. The number of furan rings is 1. The van der Waals surface area contributed by atoms with Gasteiger partial charge in [0.05, 0.1) is 25.6 Å². The molecule has 2 N–H and O–H groups in total. The SMILES string of the molecule is COC(=O)C[C@H]1C(C)(C)[C@H](OC(C)=O)[C@]2(O)[C@@H](OC(=O)C(C)C)C34O[C@]2(O)[C@]1(C)[C@H]3CC[C@]1(C)C4=CC(=O)O[C@H]1c1ccoc1. The van der Waals surface area contributed by atoms with Crippen LogP contribution in [0, 0.1) is 34.0 Å². The largest absolute Gasteiger partial charge is 0.472 e. The van der Waals surface area contributed by atoms with Crippen molar-refractivity contribution >= 4 is 23.9 Å². The minimum absolute atomic E-state index is 0.196. The molecule has 12 heteroatoms. The van der Waals surface area contributed by atoms with E-state index in [-0.39, 0.29) is 6.42 Å². The molecule has 3 aliphatic heterocycles. The fraction of sp³-hybridized carbons (Fsp3) is 0.697. The summed E-state index contributed by atoms with van der Waals surface area (Å²) in [6.45, 7) is 11.6. The Morgan fingerprint density at radius 2 is 1.78 bits per heavy atom. The number of hydrogen-bond acceptors (Lipinski definition) is 12. The van der Waals surface area contributed by atoms with Gasteiger partial charge in [0.1, 0.15) is 17.8 Å². The number of fused-ring (bicyclic) bond motifs is 2. The number of esters is 4. The van der Waals surface area contributed by atoms with Crippen LogP contribution in [0.25, 0.3) is 0 Å². The second-order valence-electron chi connectivity index (χ2n) is 14.7. The summed E-state index contributed by atoms with van der Waals surface area (Å²) in [4.78, 5) is 52.5. The number of cyclic esters (lactones) is 1. The second-order valence-corrected chi connectivity index (χ2v) is 14.7. The van der Waals surface area contributed by atoms with Gasteiger partial charge in [0.25, 0.3) is 0 Å². The van der Waals surface area contributed by atoms with Crippen LogP contribution in [0.4, 0.5) is 0 Å². The number of aliphatic hydroxyl groups is 2. The molecular weight excluding hydrogens is 588 g/mol. The first-order valence-corrected chi connectivity index (χ1v) is 15.4. The van der Waals surface area contributed by atoms with Crippen molar-refractivity contribution in [1.82, 2.24) is 0 Å². The molecular formula is C33H42O12. The van der Waals surface area contributed by atoms with E-state index in [1.807, 2.05) is 6.92 Å². The third kappa shape index (κ3) is 3.64. The van der Waals surface area contributed by atoms with E-state index in [1.165, 1.54) is 32.6 Å². The predicted molar refractivity (Wildman–Crippen MR) is 152 cm³/mol. The molecule has 1 aromatic heterocycles. The van der Waals surface area contributed by atoms with Crippen LogP contribution in [0.2, 0.25) is 0 Å². The summed E-state index contributed by atoms with van der Waals surface area (Å²) in [5.41, 5.74) is -6.87. The highest BCUT2D eigenvalue weighted by Crippen LogP contribution is 2.82. The van der Waals surface area contributed by atoms with Crippen molar-refractivity contribution in [3.63, 3.8) is 0 Å². The standard InChI is InChI=1S/C33H42O12/c1-16(2)25(37)44-27-31-19(9-11-29(6)21(31)14-23(36)43-24(29)18-10-12-41-15-18)30(7)20(13-22(35)40-8)28(4,5)26(42-17(3)34)32(27,38)33(30,39)45-31/h10,12,14-16,19-20,24,26-27,38-39H,9,11,13H2,1-8H3/t19-,20+,24+,26+,27+,29-,30-,31?,32+,33-/m1/s1. The average molecular weight is 631 g/mol. The van der Waals surface area contributed by atoms with E-state index in [1.54, 1.807) is 40.7 Å². The smallest absolute Gasteiger partial charge is 0.331 e. The summed E-state index contributed by atoms with van der Waals surface area (Å²) in [6, 6.07) is 1.70. The summed E-state index contributed by atoms with van der Waals surface area (Å²) in [7, 11) is 1.26. The number of rotatable bonds is 6. The van der Waals surface area contributed by atoms with Gasteiger partial charge in [-0.05, 0) is 30.4 Å². The van der Waals surface area contributed by atoms with E-state index in [0.717, 1.165) is 0 Å². The third-order valence-corrected chi connectivity index (χ3v) is 11.8. The highest BCUT2D eigenvalue weighted by atomic mass is 16.7. The fourth-order valence-electron chi connectivity index (χ4n) is 9.97. The first-order chi connectivity index (χ1) is 20.9. The highest BCUT2D eigenvalue weighted by Gasteiger charge is 2.96. The zero-order chi connectivity index (χ0) is 33.1. The van der Waals surface area contributed by atoms with Crippen LogP contribution in [0.1, 0.15) is 79.4 Å². The van der Waals surface area contributed by atoms with Crippen LogP contribution in [0.5, 0.6) is 0 Å². The minimum Gasteiger partial charge on any atom is -0.472 e. The number of methoxy groups -OCH3 is 1. The molecule has 2 aliphatic carbocycles. The van der Waals surface area contributed by atoms with E-state index in [2.05, 4.69) is 0 Å². The summed E-state index contributed by atoms with van der Waals surface area (Å²) in [5, 5.41) is 26.1. The quantitative estimate of drug-likeness (QED) is 0.349. The molecule has 45 heavy (non-hydrogen) atoms. The van der Waals surface area contributed by atoms with Crippen molar-refractivity contribution < 1.29 is 57.5 Å². The van der Waals surface area contributed by atoms with Gasteiger partial charge in [0.2, 0.25) is 5.79 Å². The molecule has 4 heterocycles. The predicted octanol–water partition coefficient (Wildman–Crippen LogP) is 3.15. The lowest BCUT2D eigenvalue weighted by Gasteiger charge is -2.69. The third-order valence-electron chi connectivity index (χ3n) is 11.8. The van der Waals surface area contributed by atoms with Gasteiger partial charge in [-0.1, -0.05) is 41.5 Å². The van der Waals surface area contributed by atoms with Gasteiger partial charge in [-0.25, -0.2) is 4.79 Å². The van der Waals surface area contributed by atoms with Gasteiger partial charge in [-0.2, -0.15) is 0 Å². The van der Waals surface area contributed by atoms with Crippen LogP contribution in [-0.4, -0.2) is 70.4 Å². The van der Waals surface area contributed by atoms with Crippen molar-refractivity contribution in [3.05, 3.63) is 35.8 Å². The Kier molecular flexibility index (Phi) is 6.81. The van der Waals surface area contributed by atoms with Gasteiger partial charge in [0.15, 0.2) is 11.7 Å². The minimum atomic E-state index is -2.53. The molecule has 5 aliphatic rings. The maximum Gasteiger partial charge on any atom is 0.331 e. The van der Waals surface area contributed by atoms with E-state index >= 15 is 0 Å². The van der Waals surface area contributed by atoms with Crippen molar-refractivity contribution in [1.29, 1.82) is 0 Å². The number of carbonyl (C=O) groups excluding carboxylic acids is 4.